The molecule has 50 heavy (non-hydrogen) atoms. The minimum Gasteiger partial charge on any atom is -0.457 e. The van der Waals surface area contributed by atoms with Crippen molar-refractivity contribution in [3.8, 4) is 11.5 Å². The summed E-state index contributed by atoms with van der Waals surface area (Å²) in [6.45, 7) is 1.56. The first kappa shape index (κ1) is 36.5. The van der Waals surface area contributed by atoms with E-state index in [1.54, 1.807) is 72.8 Å². The van der Waals surface area contributed by atoms with Gasteiger partial charge in [0.25, 0.3) is 10.0 Å². The van der Waals surface area contributed by atoms with Crippen LogP contribution in [0.15, 0.2) is 138 Å². The van der Waals surface area contributed by atoms with Crippen molar-refractivity contribution in [3.63, 3.8) is 0 Å². The second kappa shape index (κ2) is 17.2. The van der Waals surface area contributed by atoms with E-state index in [0.29, 0.717) is 40.1 Å². The van der Waals surface area contributed by atoms with Crippen molar-refractivity contribution in [3.05, 3.63) is 155 Å². The third-order valence-corrected chi connectivity index (χ3v) is 10.4. The number of amides is 2. The zero-order chi connectivity index (χ0) is 35.5. The molecule has 1 unspecified atom stereocenters. The van der Waals surface area contributed by atoms with Crippen LogP contribution >= 0.6 is 23.2 Å². The maximum Gasteiger partial charge on any atom is 0.264 e. The van der Waals surface area contributed by atoms with E-state index in [9.17, 15) is 18.0 Å². The number of hydrogen-bond donors (Lipinski definition) is 1. The zero-order valence-electron chi connectivity index (χ0n) is 27.4. The highest BCUT2D eigenvalue weighted by molar-refractivity contribution is 7.92. The molecule has 5 aromatic carbocycles. The van der Waals surface area contributed by atoms with E-state index in [4.69, 9.17) is 27.9 Å². The molecule has 1 N–H and O–H groups in total. The van der Waals surface area contributed by atoms with E-state index in [1.165, 1.54) is 17.0 Å². The van der Waals surface area contributed by atoms with Crippen molar-refractivity contribution >= 4 is 50.7 Å². The summed E-state index contributed by atoms with van der Waals surface area (Å²) in [5.41, 5.74) is 1.48. The normalized spacial score (nSPS) is 11.7. The summed E-state index contributed by atoms with van der Waals surface area (Å²) in [4.78, 5) is 29.9. The molecule has 0 radical (unpaired) electrons. The molecule has 5 aromatic rings. The number of para-hydroxylation sites is 1. The first-order chi connectivity index (χ1) is 24.2. The van der Waals surface area contributed by atoms with Crippen molar-refractivity contribution in [2.75, 3.05) is 17.4 Å². The number of halogens is 2. The van der Waals surface area contributed by atoms with Crippen LogP contribution in [0, 0.1) is 0 Å². The molecule has 0 aliphatic heterocycles. The first-order valence-corrected chi connectivity index (χ1v) is 18.3. The lowest BCUT2D eigenvalue weighted by atomic mass is 10.0. The predicted molar refractivity (Wildman–Crippen MR) is 198 cm³/mol. The van der Waals surface area contributed by atoms with Crippen LogP contribution in [-0.4, -0.2) is 44.3 Å². The molecule has 0 aliphatic rings. The van der Waals surface area contributed by atoms with Gasteiger partial charge in [-0.15, -0.1) is 0 Å². The second-order valence-electron chi connectivity index (χ2n) is 11.5. The highest BCUT2D eigenvalue weighted by Crippen LogP contribution is 2.30. The van der Waals surface area contributed by atoms with Crippen LogP contribution in [0.5, 0.6) is 11.5 Å². The summed E-state index contributed by atoms with van der Waals surface area (Å²) in [7, 11) is -4.27. The molecule has 0 spiro atoms. The molecule has 2 amide bonds. The largest absolute Gasteiger partial charge is 0.457 e. The zero-order valence-corrected chi connectivity index (χ0v) is 29.7. The molecular weight excluding hydrogens is 693 g/mol. The van der Waals surface area contributed by atoms with Crippen LogP contribution < -0.4 is 14.4 Å². The molecule has 258 valence electrons. The van der Waals surface area contributed by atoms with E-state index in [-0.39, 0.29) is 29.5 Å². The molecule has 0 aliphatic carbocycles. The minimum absolute atomic E-state index is 0.000338. The number of nitrogens with one attached hydrogen (secondary N) is 1. The molecule has 0 bridgehead atoms. The van der Waals surface area contributed by atoms with Gasteiger partial charge in [-0.25, -0.2) is 8.42 Å². The second-order valence-corrected chi connectivity index (χ2v) is 14.1. The number of benzene rings is 5. The molecular formula is C39H37Cl2N3O5S. The number of carbonyl (C=O) groups excluding carboxylic acids is 2. The SMILES string of the molecule is CCCNC(=O)C(Cc1ccccc1)N(Cc1c(Cl)cccc1Cl)C(=O)CN(c1ccc(Oc2ccccc2)cc1)S(=O)(=O)c1ccccc1. The lowest BCUT2D eigenvalue weighted by molar-refractivity contribution is -0.140. The number of hydrogen-bond acceptors (Lipinski definition) is 5. The summed E-state index contributed by atoms with van der Waals surface area (Å²) in [6, 6.07) is 36.8. The van der Waals surface area contributed by atoms with Gasteiger partial charge in [-0.1, -0.05) is 103 Å². The third-order valence-electron chi connectivity index (χ3n) is 7.92. The lowest BCUT2D eigenvalue weighted by Crippen LogP contribution is -2.53. The Morgan fingerprint density at radius 2 is 1.30 bits per heavy atom. The average Bonchev–Trinajstić information content (AvgIpc) is 3.13. The van der Waals surface area contributed by atoms with Crippen LogP contribution in [0.2, 0.25) is 10.0 Å². The number of ether oxygens (including phenoxy) is 1. The fraction of sp³-hybridized carbons (Fsp3) is 0.179. The molecule has 5 rings (SSSR count). The standard InChI is InChI=1S/C39H37Cl2N3O5S/c1-2-25-42-39(46)37(26-29-13-6-3-7-14-29)43(27-34-35(40)19-12-20-36(34)41)38(45)28-44(50(47,48)33-17-10-5-11-18-33)30-21-23-32(24-22-30)49-31-15-8-4-9-16-31/h3-24,37H,2,25-28H2,1H3,(H,42,46). The Morgan fingerprint density at radius 1 is 0.740 bits per heavy atom. The number of rotatable bonds is 15. The molecule has 0 saturated heterocycles. The van der Waals surface area contributed by atoms with Crippen LogP contribution in [0.3, 0.4) is 0 Å². The minimum atomic E-state index is -4.27. The van der Waals surface area contributed by atoms with Crippen LogP contribution in [0.25, 0.3) is 0 Å². The van der Waals surface area contributed by atoms with Gasteiger partial charge in [0.15, 0.2) is 0 Å². The van der Waals surface area contributed by atoms with E-state index < -0.39 is 28.5 Å². The van der Waals surface area contributed by atoms with Crippen molar-refractivity contribution < 1.29 is 22.7 Å². The molecule has 0 fully saturated rings. The van der Waals surface area contributed by atoms with Gasteiger partial charge in [0.05, 0.1) is 10.6 Å². The van der Waals surface area contributed by atoms with Gasteiger partial charge in [0, 0.05) is 35.1 Å². The average molecular weight is 731 g/mol. The Morgan fingerprint density at radius 3 is 1.90 bits per heavy atom. The quantitative estimate of drug-likeness (QED) is 0.117. The van der Waals surface area contributed by atoms with Crippen molar-refractivity contribution in [1.82, 2.24) is 10.2 Å². The summed E-state index contributed by atoms with van der Waals surface area (Å²) < 4.78 is 35.5. The van der Waals surface area contributed by atoms with Gasteiger partial charge >= 0.3 is 0 Å². The Bertz CT molecular complexity index is 1960. The fourth-order valence-electron chi connectivity index (χ4n) is 5.33. The maximum absolute atomic E-state index is 14.7. The molecule has 1 atom stereocenters. The van der Waals surface area contributed by atoms with Gasteiger partial charge in [0.1, 0.15) is 24.1 Å². The van der Waals surface area contributed by atoms with Gasteiger partial charge in [-0.2, -0.15) is 0 Å². The molecule has 0 saturated carbocycles. The van der Waals surface area contributed by atoms with Gasteiger partial charge < -0.3 is 15.0 Å². The summed E-state index contributed by atoms with van der Waals surface area (Å²) >= 11 is 13.2. The van der Waals surface area contributed by atoms with E-state index in [2.05, 4.69) is 5.32 Å². The van der Waals surface area contributed by atoms with Crippen molar-refractivity contribution in [2.24, 2.45) is 0 Å². The Labute approximate surface area is 303 Å². The summed E-state index contributed by atoms with van der Waals surface area (Å²) in [5, 5.41) is 3.55. The van der Waals surface area contributed by atoms with Crippen LogP contribution in [-0.2, 0) is 32.6 Å². The van der Waals surface area contributed by atoms with E-state index in [1.807, 2.05) is 55.5 Å². The molecule has 11 heteroatoms. The third kappa shape index (κ3) is 9.24. The number of sulfonamides is 1. The smallest absolute Gasteiger partial charge is 0.264 e. The van der Waals surface area contributed by atoms with Gasteiger partial charge in [-0.3, -0.25) is 13.9 Å². The number of nitrogens with zero attached hydrogens (tertiary/aromatic N) is 2. The maximum atomic E-state index is 14.7. The highest BCUT2D eigenvalue weighted by Gasteiger charge is 2.35. The Kier molecular flexibility index (Phi) is 12.5. The van der Waals surface area contributed by atoms with E-state index >= 15 is 0 Å². The van der Waals surface area contributed by atoms with Crippen LogP contribution in [0.4, 0.5) is 5.69 Å². The van der Waals surface area contributed by atoms with Crippen molar-refractivity contribution in [1.29, 1.82) is 0 Å². The van der Waals surface area contributed by atoms with Gasteiger partial charge in [0.2, 0.25) is 11.8 Å². The first-order valence-electron chi connectivity index (χ1n) is 16.1. The summed E-state index contributed by atoms with van der Waals surface area (Å²) in [5.74, 6) is 0.0857. The van der Waals surface area contributed by atoms with Crippen molar-refractivity contribution in [2.45, 2.75) is 37.2 Å². The monoisotopic (exact) mass is 729 g/mol. The number of carbonyl (C=O) groups is 2. The number of anilines is 1. The Balaban J connectivity index is 1.57. The fourth-order valence-corrected chi connectivity index (χ4v) is 7.28. The lowest BCUT2D eigenvalue weighted by Gasteiger charge is -2.34. The molecule has 0 aromatic heterocycles. The molecule has 8 nitrogen and oxygen atoms in total. The van der Waals surface area contributed by atoms with E-state index in [0.717, 1.165) is 9.87 Å². The van der Waals surface area contributed by atoms with Crippen LogP contribution in [0.1, 0.15) is 24.5 Å². The summed E-state index contributed by atoms with van der Waals surface area (Å²) in [6.07, 6.45) is 0.850. The molecule has 0 heterocycles. The topological polar surface area (TPSA) is 96.0 Å². The van der Waals surface area contributed by atoms with Gasteiger partial charge in [-0.05, 0) is 72.6 Å². The predicted octanol–water partition coefficient (Wildman–Crippen LogP) is 8.15. The Hall–Kier alpha value is -4.83. The highest BCUT2D eigenvalue weighted by atomic mass is 35.5.